The highest BCUT2D eigenvalue weighted by Crippen LogP contribution is 2.24. The van der Waals surface area contributed by atoms with Crippen LogP contribution in [0.4, 0.5) is 4.39 Å². The zero-order chi connectivity index (χ0) is 18.5. The number of rotatable bonds is 6. The zero-order valence-corrected chi connectivity index (χ0v) is 17.9. The molecule has 0 spiro atoms. The number of amides is 1. The minimum Gasteiger partial charge on any atom is -0.352 e. The van der Waals surface area contributed by atoms with E-state index < -0.39 is 0 Å². The second kappa shape index (κ2) is 11.4. The van der Waals surface area contributed by atoms with Crippen molar-refractivity contribution in [2.45, 2.75) is 39.7 Å². The standard InChI is InChI=1S/C20H27FN4O.2ClH/c1-14(17-5-7-22-8-6-17)11-20(26)24-13-16-3-4-19(18(21)12-16)25-10-9-23-15(25)2;;/h3-4,9-10,12,14,17,22H,5-8,11,13H2,1-2H3,(H,24,26);2*1H. The van der Waals surface area contributed by atoms with Crippen LogP contribution < -0.4 is 10.6 Å². The molecule has 5 nitrogen and oxygen atoms in total. The summed E-state index contributed by atoms with van der Waals surface area (Å²) in [5.41, 5.74) is 1.22. The molecular formula is C20H29Cl2FN4O. The van der Waals surface area contributed by atoms with Crippen molar-refractivity contribution in [2.24, 2.45) is 11.8 Å². The van der Waals surface area contributed by atoms with Crippen molar-refractivity contribution in [2.75, 3.05) is 13.1 Å². The molecule has 156 valence electrons. The molecule has 1 fully saturated rings. The van der Waals surface area contributed by atoms with Gasteiger partial charge in [-0.2, -0.15) is 0 Å². The van der Waals surface area contributed by atoms with Gasteiger partial charge in [0.15, 0.2) is 0 Å². The molecule has 1 aliphatic rings. The molecule has 1 aromatic heterocycles. The van der Waals surface area contributed by atoms with Crippen LogP contribution >= 0.6 is 24.8 Å². The van der Waals surface area contributed by atoms with Crippen molar-refractivity contribution in [3.8, 4) is 5.69 Å². The Labute approximate surface area is 178 Å². The molecule has 2 N–H and O–H groups in total. The lowest BCUT2D eigenvalue weighted by molar-refractivity contribution is -0.122. The first-order valence-corrected chi connectivity index (χ1v) is 9.30. The first-order chi connectivity index (χ1) is 12.5. The molecule has 28 heavy (non-hydrogen) atoms. The van der Waals surface area contributed by atoms with Gasteiger partial charge in [0.05, 0.1) is 5.69 Å². The van der Waals surface area contributed by atoms with Crippen LogP contribution in [0, 0.1) is 24.6 Å². The second-order valence-electron chi connectivity index (χ2n) is 7.18. The quantitative estimate of drug-likeness (QED) is 0.732. The Morgan fingerprint density at radius 1 is 1.36 bits per heavy atom. The Hall–Kier alpha value is -1.63. The molecule has 0 bridgehead atoms. The lowest BCUT2D eigenvalue weighted by atomic mass is 9.84. The largest absolute Gasteiger partial charge is 0.352 e. The van der Waals surface area contributed by atoms with Crippen LogP contribution in [0.25, 0.3) is 5.69 Å². The summed E-state index contributed by atoms with van der Waals surface area (Å²) in [4.78, 5) is 16.3. The molecule has 1 saturated heterocycles. The molecule has 0 radical (unpaired) electrons. The van der Waals surface area contributed by atoms with Gasteiger partial charge in [-0.15, -0.1) is 24.8 Å². The third-order valence-corrected chi connectivity index (χ3v) is 5.28. The van der Waals surface area contributed by atoms with Gasteiger partial charge < -0.3 is 15.2 Å². The smallest absolute Gasteiger partial charge is 0.220 e. The molecule has 2 aromatic rings. The number of nitrogens with one attached hydrogen (secondary N) is 2. The Bertz CT molecular complexity index is 762. The van der Waals surface area contributed by atoms with Gasteiger partial charge >= 0.3 is 0 Å². The molecule has 0 aliphatic carbocycles. The highest BCUT2D eigenvalue weighted by molar-refractivity contribution is 5.85. The second-order valence-corrected chi connectivity index (χ2v) is 7.18. The number of hydrogen-bond acceptors (Lipinski definition) is 3. The van der Waals surface area contributed by atoms with Gasteiger partial charge in [-0.1, -0.05) is 13.0 Å². The summed E-state index contributed by atoms with van der Waals surface area (Å²) in [6.07, 6.45) is 6.17. The van der Waals surface area contributed by atoms with Crippen LogP contribution in [0.1, 0.15) is 37.6 Å². The number of aryl methyl sites for hydroxylation is 1. The average Bonchev–Trinajstić information content (AvgIpc) is 3.06. The van der Waals surface area contributed by atoms with E-state index >= 15 is 0 Å². The van der Waals surface area contributed by atoms with E-state index in [0.717, 1.165) is 37.3 Å². The van der Waals surface area contributed by atoms with Gasteiger partial charge in [-0.3, -0.25) is 4.79 Å². The molecular weight excluding hydrogens is 402 g/mol. The van der Waals surface area contributed by atoms with Gasteiger partial charge in [0.1, 0.15) is 11.6 Å². The molecule has 1 amide bonds. The predicted molar refractivity (Wildman–Crippen MR) is 114 cm³/mol. The molecule has 1 unspecified atom stereocenters. The van der Waals surface area contributed by atoms with Gasteiger partial charge in [-0.25, -0.2) is 9.37 Å². The van der Waals surface area contributed by atoms with E-state index in [1.54, 1.807) is 23.0 Å². The maximum Gasteiger partial charge on any atom is 0.220 e. The van der Waals surface area contributed by atoms with Crippen LogP contribution in [0.2, 0.25) is 0 Å². The van der Waals surface area contributed by atoms with Crippen LogP contribution in [0.15, 0.2) is 30.6 Å². The third-order valence-electron chi connectivity index (χ3n) is 5.28. The summed E-state index contributed by atoms with van der Waals surface area (Å²) >= 11 is 0. The number of hydrogen-bond donors (Lipinski definition) is 2. The van der Waals surface area contributed by atoms with Crippen LogP contribution in [-0.4, -0.2) is 28.5 Å². The lowest BCUT2D eigenvalue weighted by Crippen LogP contribution is -2.33. The van der Waals surface area contributed by atoms with Crippen LogP contribution in [0.3, 0.4) is 0 Å². The van der Waals surface area contributed by atoms with Crippen LogP contribution in [-0.2, 0) is 11.3 Å². The molecule has 0 saturated carbocycles. The van der Waals surface area contributed by atoms with Crippen molar-refractivity contribution in [3.05, 3.63) is 47.8 Å². The fraction of sp³-hybridized carbons (Fsp3) is 0.500. The molecule has 3 rings (SSSR count). The maximum absolute atomic E-state index is 14.4. The van der Waals surface area contributed by atoms with Crippen LogP contribution in [0.5, 0.6) is 0 Å². The first-order valence-electron chi connectivity index (χ1n) is 9.30. The average molecular weight is 431 g/mol. The minimum atomic E-state index is -0.319. The molecule has 1 aliphatic heterocycles. The Morgan fingerprint density at radius 2 is 2.07 bits per heavy atom. The summed E-state index contributed by atoms with van der Waals surface area (Å²) in [6.45, 7) is 6.41. The minimum absolute atomic E-state index is 0. The Balaban J connectivity index is 0.00000196. The number of aromatic nitrogens is 2. The Morgan fingerprint density at radius 3 is 2.68 bits per heavy atom. The highest BCUT2D eigenvalue weighted by Gasteiger charge is 2.21. The maximum atomic E-state index is 14.4. The van der Waals surface area contributed by atoms with E-state index in [1.165, 1.54) is 6.07 Å². The van der Waals surface area contributed by atoms with Gasteiger partial charge in [0.25, 0.3) is 0 Å². The van der Waals surface area contributed by atoms with Crippen molar-refractivity contribution in [1.29, 1.82) is 0 Å². The number of carbonyl (C=O) groups is 1. The number of piperidine rings is 1. The van der Waals surface area contributed by atoms with E-state index in [2.05, 4.69) is 22.5 Å². The van der Waals surface area contributed by atoms with E-state index in [-0.39, 0.29) is 36.5 Å². The summed E-state index contributed by atoms with van der Waals surface area (Å²) < 4.78 is 16.1. The van der Waals surface area contributed by atoms with Crippen molar-refractivity contribution >= 4 is 30.7 Å². The van der Waals surface area contributed by atoms with E-state index in [9.17, 15) is 9.18 Å². The molecule has 2 heterocycles. The Kier molecular flexibility index (Phi) is 9.93. The number of benzene rings is 1. The monoisotopic (exact) mass is 430 g/mol. The fourth-order valence-electron chi connectivity index (χ4n) is 3.63. The van der Waals surface area contributed by atoms with Gasteiger partial charge in [-0.05, 0) is 62.4 Å². The lowest BCUT2D eigenvalue weighted by Gasteiger charge is -2.27. The molecule has 1 aromatic carbocycles. The zero-order valence-electron chi connectivity index (χ0n) is 16.3. The topological polar surface area (TPSA) is 59.0 Å². The van der Waals surface area contributed by atoms with Crippen molar-refractivity contribution < 1.29 is 9.18 Å². The SMILES string of the molecule is Cc1nccn1-c1ccc(CNC(=O)CC(C)C2CCNCC2)cc1F.Cl.Cl. The predicted octanol–water partition coefficient (Wildman–Crippen LogP) is 3.81. The highest BCUT2D eigenvalue weighted by atomic mass is 35.5. The van der Waals surface area contributed by atoms with Crippen molar-refractivity contribution in [3.63, 3.8) is 0 Å². The first kappa shape index (κ1) is 24.4. The number of carbonyl (C=O) groups excluding carboxylic acids is 1. The molecule has 8 heteroatoms. The molecule has 1 atom stereocenters. The number of imidazole rings is 1. The van der Waals surface area contributed by atoms with E-state index in [0.29, 0.717) is 30.5 Å². The van der Waals surface area contributed by atoms with Gasteiger partial charge in [0, 0.05) is 25.4 Å². The normalized spacial score (nSPS) is 15.2. The summed E-state index contributed by atoms with van der Waals surface area (Å²) in [5.74, 6) is 1.43. The third kappa shape index (κ3) is 6.19. The van der Waals surface area contributed by atoms with Gasteiger partial charge in [0.2, 0.25) is 5.91 Å². The van der Waals surface area contributed by atoms with E-state index in [1.807, 2.05) is 13.0 Å². The fourth-order valence-corrected chi connectivity index (χ4v) is 3.63. The summed E-state index contributed by atoms with van der Waals surface area (Å²) in [6, 6.07) is 5.04. The number of nitrogens with zero attached hydrogens (tertiary/aromatic N) is 2. The summed E-state index contributed by atoms with van der Waals surface area (Å²) in [5, 5.41) is 6.27. The number of halogens is 3. The summed E-state index contributed by atoms with van der Waals surface area (Å²) in [7, 11) is 0. The van der Waals surface area contributed by atoms with Crippen molar-refractivity contribution in [1.82, 2.24) is 20.2 Å². The van der Waals surface area contributed by atoms with E-state index in [4.69, 9.17) is 0 Å².